The molecule has 1 aromatic carbocycles. The average molecular weight is 265 g/mol. The first-order chi connectivity index (χ1) is 8.61. The summed E-state index contributed by atoms with van der Waals surface area (Å²) in [4.78, 5) is 0. The highest BCUT2D eigenvalue weighted by Crippen LogP contribution is 2.22. The molecule has 18 heavy (non-hydrogen) atoms. The Morgan fingerprint density at radius 1 is 1.33 bits per heavy atom. The highest BCUT2D eigenvalue weighted by molar-refractivity contribution is 6.30. The van der Waals surface area contributed by atoms with Gasteiger partial charge in [-0.3, -0.25) is 0 Å². The summed E-state index contributed by atoms with van der Waals surface area (Å²) in [6.45, 7) is 5.45. The average Bonchev–Trinajstić information content (AvgIpc) is 2.65. The fourth-order valence-corrected chi connectivity index (χ4v) is 1.92. The lowest BCUT2D eigenvalue weighted by molar-refractivity contribution is 0.657. The smallest absolute Gasteiger partial charge is 0.148 e. The summed E-state index contributed by atoms with van der Waals surface area (Å²) in [7, 11) is 0. The summed E-state index contributed by atoms with van der Waals surface area (Å²) in [5.74, 6) is 0.880. The number of nitrogens with one attached hydrogen (secondary N) is 1. The standard InChI is InChI=1S/C13H17ClN4/c1-3-18-13(12(15)9(2)17-18)16-8-10-4-6-11(14)7-5-10/h4-7,16H,3,8,15H2,1-2H3. The third-order valence-electron chi connectivity index (χ3n) is 2.85. The van der Waals surface area contributed by atoms with Gasteiger partial charge in [-0.1, -0.05) is 23.7 Å². The summed E-state index contributed by atoms with van der Waals surface area (Å²) in [6, 6.07) is 7.74. The van der Waals surface area contributed by atoms with E-state index in [2.05, 4.69) is 10.4 Å². The molecule has 0 amide bonds. The molecule has 1 heterocycles. The van der Waals surface area contributed by atoms with Gasteiger partial charge in [0.25, 0.3) is 0 Å². The van der Waals surface area contributed by atoms with E-state index in [1.807, 2.05) is 42.8 Å². The highest BCUT2D eigenvalue weighted by Gasteiger charge is 2.10. The van der Waals surface area contributed by atoms with Crippen LogP contribution in [0.4, 0.5) is 11.5 Å². The normalized spacial score (nSPS) is 10.6. The van der Waals surface area contributed by atoms with Crippen molar-refractivity contribution in [3.63, 3.8) is 0 Å². The molecule has 4 nitrogen and oxygen atoms in total. The molecule has 0 saturated heterocycles. The molecule has 0 aliphatic rings. The first kappa shape index (κ1) is 12.8. The van der Waals surface area contributed by atoms with Gasteiger partial charge in [-0.15, -0.1) is 0 Å². The van der Waals surface area contributed by atoms with E-state index in [9.17, 15) is 0 Å². The number of aryl methyl sites for hydroxylation is 2. The zero-order chi connectivity index (χ0) is 13.1. The van der Waals surface area contributed by atoms with Crippen molar-refractivity contribution in [1.82, 2.24) is 9.78 Å². The van der Waals surface area contributed by atoms with Crippen molar-refractivity contribution in [2.45, 2.75) is 26.9 Å². The van der Waals surface area contributed by atoms with Crippen LogP contribution in [0.15, 0.2) is 24.3 Å². The van der Waals surface area contributed by atoms with E-state index in [4.69, 9.17) is 17.3 Å². The molecule has 1 aromatic heterocycles. The molecule has 0 saturated carbocycles. The highest BCUT2D eigenvalue weighted by atomic mass is 35.5. The number of benzene rings is 1. The van der Waals surface area contributed by atoms with Crippen LogP contribution in [-0.2, 0) is 13.1 Å². The van der Waals surface area contributed by atoms with E-state index in [0.717, 1.165) is 28.6 Å². The molecule has 0 aliphatic heterocycles. The minimum absolute atomic E-state index is 0.701. The number of hydrogen-bond acceptors (Lipinski definition) is 3. The molecule has 0 spiro atoms. The maximum absolute atomic E-state index is 6.00. The number of halogens is 1. The van der Waals surface area contributed by atoms with Crippen molar-refractivity contribution >= 4 is 23.1 Å². The molecule has 2 aromatic rings. The van der Waals surface area contributed by atoms with E-state index in [0.29, 0.717) is 12.2 Å². The van der Waals surface area contributed by atoms with Crippen molar-refractivity contribution in [1.29, 1.82) is 0 Å². The lowest BCUT2D eigenvalue weighted by Gasteiger charge is -2.09. The van der Waals surface area contributed by atoms with Gasteiger partial charge in [0.15, 0.2) is 0 Å². The molecule has 0 atom stereocenters. The van der Waals surface area contributed by atoms with Gasteiger partial charge < -0.3 is 11.1 Å². The Kier molecular flexibility index (Phi) is 3.77. The minimum atomic E-state index is 0.701. The number of nitrogen functional groups attached to an aromatic ring is 1. The number of anilines is 2. The van der Waals surface area contributed by atoms with Crippen LogP contribution in [-0.4, -0.2) is 9.78 Å². The zero-order valence-corrected chi connectivity index (χ0v) is 11.3. The van der Waals surface area contributed by atoms with Crippen molar-refractivity contribution in [3.05, 3.63) is 40.5 Å². The Hall–Kier alpha value is -1.68. The van der Waals surface area contributed by atoms with Crippen molar-refractivity contribution in [2.75, 3.05) is 11.1 Å². The molecular formula is C13H17ClN4. The Labute approximate surface area is 112 Å². The zero-order valence-electron chi connectivity index (χ0n) is 10.6. The number of hydrogen-bond donors (Lipinski definition) is 2. The van der Waals surface area contributed by atoms with E-state index in [-0.39, 0.29) is 0 Å². The third-order valence-corrected chi connectivity index (χ3v) is 3.10. The first-order valence-electron chi connectivity index (χ1n) is 5.93. The maximum atomic E-state index is 6.00. The molecule has 0 aliphatic carbocycles. The van der Waals surface area contributed by atoms with E-state index in [1.165, 1.54) is 0 Å². The van der Waals surface area contributed by atoms with Gasteiger partial charge in [-0.05, 0) is 31.5 Å². The third kappa shape index (κ3) is 2.59. The van der Waals surface area contributed by atoms with Crippen LogP contribution in [0.25, 0.3) is 0 Å². The van der Waals surface area contributed by atoms with Crippen LogP contribution in [0.3, 0.4) is 0 Å². The second-order valence-electron chi connectivity index (χ2n) is 4.14. The van der Waals surface area contributed by atoms with Crippen LogP contribution < -0.4 is 11.1 Å². The number of aromatic nitrogens is 2. The second-order valence-corrected chi connectivity index (χ2v) is 4.58. The largest absolute Gasteiger partial charge is 0.394 e. The van der Waals surface area contributed by atoms with Crippen LogP contribution in [0.5, 0.6) is 0 Å². The van der Waals surface area contributed by atoms with Gasteiger partial charge in [0.2, 0.25) is 0 Å². The maximum Gasteiger partial charge on any atom is 0.148 e. The molecule has 96 valence electrons. The molecule has 2 rings (SSSR count). The fraction of sp³-hybridized carbons (Fsp3) is 0.308. The van der Waals surface area contributed by atoms with E-state index in [1.54, 1.807) is 0 Å². The fourth-order valence-electron chi connectivity index (χ4n) is 1.80. The van der Waals surface area contributed by atoms with Crippen LogP contribution >= 0.6 is 11.6 Å². The molecule has 0 radical (unpaired) electrons. The number of rotatable bonds is 4. The lowest BCUT2D eigenvalue weighted by Crippen LogP contribution is -2.08. The monoisotopic (exact) mass is 264 g/mol. The predicted octanol–water partition coefficient (Wildman–Crippen LogP) is 3.06. The molecule has 0 fully saturated rings. The van der Waals surface area contributed by atoms with Crippen LogP contribution in [0, 0.1) is 6.92 Å². The summed E-state index contributed by atoms with van der Waals surface area (Å²) >= 11 is 5.85. The van der Waals surface area contributed by atoms with Gasteiger partial charge >= 0.3 is 0 Å². The van der Waals surface area contributed by atoms with Gasteiger partial charge in [0.1, 0.15) is 5.82 Å². The van der Waals surface area contributed by atoms with Gasteiger partial charge in [0.05, 0.1) is 11.4 Å². The van der Waals surface area contributed by atoms with Crippen molar-refractivity contribution < 1.29 is 0 Å². The molecule has 3 N–H and O–H groups in total. The second kappa shape index (κ2) is 5.31. The number of nitrogens with two attached hydrogens (primary N) is 1. The lowest BCUT2D eigenvalue weighted by atomic mass is 10.2. The molecule has 5 heteroatoms. The Morgan fingerprint density at radius 2 is 2.00 bits per heavy atom. The van der Waals surface area contributed by atoms with Crippen molar-refractivity contribution in [3.8, 4) is 0 Å². The molecule has 0 unspecified atom stereocenters. The van der Waals surface area contributed by atoms with E-state index < -0.39 is 0 Å². The van der Waals surface area contributed by atoms with Crippen LogP contribution in [0.2, 0.25) is 5.02 Å². The Balaban J connectivity index is 2.12. The first-order valence-corrected chi connectivity index (χ1v) is 6.30. The predicted molar refractivity (Wildman–Crippen MR) is 75.8 cm³/mol. The molecular weight excluding hydrogens is 248 g/mol. The summed E-state index contributed by atoms with van der Waals surface area (Å²) in [5.41, 5.74) is 8.72. The minimum Gasteiger partial charge on any atom is -0.394 e. The van der Waals surface area contributed by atoms with E-state index >= 15 is 0 Å². The van der Waals surface area contributed by atoms with Gasteiger partial charge in [0, 0.05) is 18.1 Å². The van der Waals surface area contributed by atoms with Crippen molar-refractivity contribution in [2.24, 2.45) is 0 Å². The summed E-state index contributed by atoms with van der Waals surface area (Å²) < 4.78 is 1.88. The molecule has 0 bridgehead atoms. The number of nitrogens with zero attached hydrogens (tertiary/aromatic N) is 2. The van der Waals surface area contributed by atoms with Crippen LogP contribution in [0.1, 0.15) is 18.2 Å². The quantitative estimate of drug-likeness (QED) is 0.892. The summed E-state index contributed by atoms with van der Waals surface area (Å²) in [5, 5.41) is 8.43. The topological polar surface area (TPSA) is 55.9 Å². The Morgan fingerprint density at radius 3 is 2.61 bits per heavy atom. The van der Waals surface area contributed by atoms with Gasteiger partial charge in [-0.2, -0.15) is 5.10 Å². The Bertz CT molecular complexity index is 531. The SMILES string of the molecule is CCn1nc(C)c(N)c1NCc1ccc(Cl)cc1. The summed E-state index contributed by atoms with van der Waals surface area (Å²) in [6.07, 6.45) is 0. The van der Waals surface area contributed by atoms with Gasteiger partial charge in [-0.25, -0.2) is 4.68 Å².